The van der Waals surface area contributed by atoms with E-state index in [2.05, 4.69) is 10.0 Å². The van der Waals surface area contributed by atoms with Gasteiger partial charge in [0.2, 0.25) is 15.9 Å². The minimum atomic E-state index is -3.70. The summed E-state index contributed by atoms with van der Waals surface area (Å²) in [6, 6.07) is 13.9. The summed E-state index contributed by atoms with van der Waals surface area (Å²) in [6.07, 6.45) is 0.835. The highest BCUT2D eigenvalue weighted by atomic mass is 32.2. The molecule has 0 fully saturated rings. The van der Waals surface area contributed by atoms with Gasteiger partial charge in [-0.2, -0.15) is 0 Å². The molecular formula is C18H22N2O4S. The van der Waals surface area contributed by atoms with Crippen molar-refractivity contribution in [3.05, 3.63) is 59.7 Å². The van der Waals surface area contributed by atoms with Crippen molar-refractivity contribution in [3.63, 3.8) is 0 Å². The van der Waals surface area contributed by atoms with Crippen LogP contribution >= 0.6 is 0 Å². The molecule has 0 aliphatic heterocycles. The number of amides is 1. The fourth-order valence-electron chi connectivity index (χ4n) is 2.15. The van der Waals surface area contributed by atoms with Crippen molar-refractivity contribution < 1.29 is 17.9 Å². The molecule has 0 unspecified atom stereocenters. The first-order valence-corrected chi connectivity index (χ1v) is 9.41. The second-order valence-corrected chi connectivity index (χ2v) is 7.21. The van der Waals surface area contributed by atoms with Crippen molar-refractivity contribution in [2.75, 3.05) is 13.7 Å². The summed E-state index contributed by atoms with van der Waals surface area (Å²) >= 11 is 0. The van der Waals surface area contributed by atoms with Crippen LogP contribution in [0.2, 0.25) is 0 Å². The molecule has 0 saturated carbocycles. The van der Waals surface area contributed by atoms with Gasteiger partial charge in [-0.3, -0.25) is 4.79 Å². The average Bonchev–Trinajstić information content (AvgIpc) is 2.65. The number of hydrogen-bond donors (Lipinski definition) is 2. The van der Waals surface area contributed by atoms with Crippen molar-refractivity contribution in [1.82, 2.24) is 10.0 Å². The predicted molar refractivity (Wildman–Crippen MR) is 95.8 cm³/mol. The third kappa shape index (κ3) is 5.58. The highest BCUT2D eigenvalue weighted by Crippen LogP contribution is 2.11. The van der Waals surface area contributed by atoms with Crippen LogP contribution in [0, 0.1) is 0 Å². The van der Waals surface area contributed by atoms with Gasteiger partial charge in [-0.05, 0) is 41.8 Å². The quantitative estimate of drug-likeness (QED) is 0.751. The molecule has 25 heavy (non-hydrogen) atoms. The van der Waals surface area contributed by atoms with Crippen molar-refractivity contribution in [1.29, 1.82) is 0 Å². The molecular weight excluding hydrogens is 340 g/mol. The lowest BCUT2D eigenvalue weighted by molar-refractivity contribution is -0.120. The fraction of sp³-hybridized carbons (Fsp3) is 0.278. The topological polar surface area (TPSA) is 84.5 Å². The SMILES string of the molecule is CCc1ccc(S(=O)(=O)NCC(=O)NCc2ccc(OC)cc2)cc1. The summed E-state index contributed by atoms with van der Waals surface area (Å²) in [5, 5.41) is 2.67. The second-order valence-electron chi connectivity index (χ2n) is 5.45. The van der Waals surface area contributed by atoms with Crippen LogP contribution in [0.25, 0.3) is 0 Å². The van der Waals surface area contributed by atoms with Gasteiger partial charge in [-0.15, -0.1) is 0 Å². The molecule has 0 aliphatic carbocycles. The fourth-order valence-corrected chi connectivity index (χ4v) is 3.14. The van der Waals surface area contributed by atoms with E-state index in [9.17, 15) is 13.2 Å². The second kappa shape index (κ2) is 8.64. The molecule has 134 valence electrons. The molecule has 2 rings (SSSR count). The minimum absolute atomic E-state index is 0.146. The van der Waals surface area contributed by atoms with Gasteiger partial charge >= 0.3 is 0 Å². The van der Waals surface area contributed by atoms with Gasteiger partial charge in [0.05, 0.1) is 18.6 Å². The normalized spacial score (nSPS) is 11.1. The van der Waals surface area contributed by atoms with Crippen LogP contribution in [-0.4, -0.2) is 28.0 Å². The molecule has 0 heterocycles. The molecule has 0 atom stereocenters. The van der Waals surface area contributed by atoms with Crippen LogP contribution in [0.5, 0.6) is 5.75 Å². The summed E-state index contributed by atoms with van der Waals surface area (Å²) in [7, 11) is -2.12. The molecule has 1 amide bonds. The molecule has 0 radical (unpaired) electrons. The van der Waals surface area contributed by atoms with Gasteiger partial charge in [-0.1, -0.05) is 31.2 Å². The molecule has 6 nitrogen and oxygen atoms in total. The lowest BCUT2D eigenvalue weighted by Gasteiger charge is -2.09. The molecule has 0 saturated heterocycles. The molecule has 0 aromatic heterocycles. The Morgan fingerprint density at radius 1 is 1.00 bits per heavy atom. The maximum Gasteiger partial charge on any atom is 0.241 e. The Morgan fingerprint density at radius 2 is 1.60 bits per heavy atom. The number of aryl methyl sites for hydroxylation is 1. The van der Waals surface area contributed by atoms with Crippen LogP contribution < -0.4 is 14.8 Å². The molecule has 2 aromatic rings. The maximum atomic E-state index is 12.2. The highest BCUT2D eigenvalue weighted by molar-refractivity contribution is 7.89. The van der Waals surface area contributed by atoms with Crippen molar-refractivity contribution in [2.45, 2.75) is 24.8 Å². The number of carbonyl (C=O) groups is 1. The standard InChI is InChI=1S/C18H22N2O4S/c1-3-14-6-10-17(11-7-14)25(22,23)20-13-18(21)19-12-15-4-8-16(24-2)9-5-15/h4-11,20H,3,12-13H2,1-2H3,(H,19,21). The third-order valence-electron chi connectivity index (χ3n) is 3.71. The number of methoxy groups -OCH3 is 1. The van der Waals surface area contributed by atoms with E-state index < -0.39 is 15.9 Å². The van der Waals surface area contributed by atoms with Gasteiger partial charge in [0, 0.05) is 6.54 Å². The van der Waals surface area contributed by atoms with Crippen LogP contribution in [0.3, 0.4) is 0 Å². The van der Waals surface area contributed by atoms with Gasteiger partial charge in [-0.25, -0.2) is 13.1 Å². The largest absolute Gasteiger partial charge is 0.497 e. The third-order valence-corrected chi connectivity index (χ3v) is 5.13. The maximum absolute atomic E-state index is 12.2. The van der Waals surface area contributed by atoms with Crippen molar-refractivity contribution in [2.24, 2.45) is 0 Å². The Morgan fingerprint density at radius 3 is 2.16 bits per heavy atom. The van der Waals surface area contributed by atoms with Crippen molar-refractivity contribution >= 4 is 15.9 Å². The minimum Gasteiger partial charge on any atom is -0.497 e. The zero-order valence-corrected chi connectivity index (χ0v) is 15.1. The number of benzene rings is 2. The summed E-state index contributed by atoms with van der Waals surface area (Å²) in [6.45, 7) is 2.00. The van der Waals surface area contributed by atoms with Gasteiger partial charge in [0.1, 0.15) is 5.75 Å². The van der Waals surface area contributed by atoms with Crippen LogP contribution in [0.15, 0.2) is 53.4 Å². The van der Waals surface area contributed by atoms with E-state index in [1.165, 1.54) is 12.1 Å². The van der Waals surface area contributed by atoms with E-state index in [1.807, 2.05) is 19.1 Å². The zero-order chi connectivity index (χ0) is 18.3. The van der Waals surface area contributed by atoms with E-state index >= 15 is 0 Å². The zero-order valence-electron chi connectivity index (χ0n) is 14.3. The summed E-state index contributed by atoms with van der Waals surface area (Å²) in [5.41, 5.74) is 1.95. The summed E-state index contributed by atoms with van der Waals surface area (Å²) < 4.78 is 31.7. The summed E-state index contributed by atoms with van der Waals surface area (Å²) in [5.74, 6) is 0.335. The number of hydrogen-bond acceptors (Lipinski definition) is 4. The van der Waals surface area contributed by atoms with E-state index in [1.54, 1.807) is 31.4 Å². The Kier molecular flexibility index (Phi) is 6.55. The van der Waals surface area contributed by atoms with E-state index in [0.717, 1.165) is 23.3 Å². The lowest BCUT2D eigenvalue weighted by atomic mass is 10.2. The van der Waals surface area contributed by atoms with Gasteiger partial charge < -0.3 is 10.1 Å². The Labute approximate surface area is 148 Å². The molecule has 2 aromatic carbocycles. The Balaban J connectivity index is 1.85. The molecule has 7 heteroatoms. The predicted octanol–water partition coefficient (Wildman–Crippen LogP) is 1.85. The molecule has 2 N–H and O–H groups in total. The first kappa shape index (κ1) is 19.0. The Hall–Kier alpha value is -2.38. The smallest absolute Gasteiger partial charge is 0.241 e. The first-order chi connectivity index (χ1) is 11.9. The average molecular weight is 362 g/mol. The van der Waals surface area contributed by atoms with Crippen molar-refractivity contribution in [3.8, 4) is 5.75 Å². The number of ether oxygens (including phenoxy) is 1. The monoisotopic (exact) mass is 362 g/mol. The van der Waals surface area contributed by atoms with E-state index in [-0.39, 0.29) is 11.4 Å². The van der Waals surface area contributed by atoms with Crippen LogP contribution in [-0.2, 0) is 27.8 Å². The van der Waals surface area contributed by atoms with Gasteiger partial charge in [0.25, 0.3) is 0 Å². The van der Waals surface area contributed by atoms with E-state index in [0.29, 0.717) is 6.54 Å². The number of carbonyl (C=O) groups excluding carboxylic acids is 1. The highest BCUT2D eigenvalue weighted by Gasteiger charge is 2.15. The first-order valence-electron chi connectivity index (χ1n) is 7.93. The Bertz CT molecular complexity index is 800. The van der Waals surface area contributed by atoms with Gasteiger partial charge in [0.15, 0.2) is 0 Å². The molecule has 0 aliphatic rings. The molecule has 0 spiro atoms. The lowest BCUT2D eigenvalue weighted by Crippen LogP contribution is -2.36. The van der Waals surface area contributed by atoms with Crippen LogP contribution in [0.4, 0.5) is 0 Å². The number of nitrogens with one attached hydrogen (secondary N) is 2. The van der Waals surface area contributed by atoms with Crippen LogP contribution in [0.1, 0.15) is 18.1 Å². The van der Waals surface area contributed by atoms with E-state index in [4.69, 9.17) is 4.74 Å². The number of sulfonamides is 1. The summed E-state index contributed by atoms with van der Waals surface area (Å²) in [4.78, 5) is 12.0. The molecule has 0 bridgehead atoms. The number of rotatable bonds is 8.